The van der Waals surface area contributed by atoms with Gasteiger partial charge in [0.05, 0.1) is 0 Å². The highest BCUT2D eigenvalue weighted by Crippen LogP contribution is 2.26. The number of benzene rings is 1. The van der Waals surface area contributed by atoms with Crippen LogP contribution in [0.25, 0.3) is 0 Å². The summed E-state index contributed by atoms with van der Waals surface area (Å²) in [6, 6.07) is 11.2. The maximum Gasteiger partial charge on any atom is 0.0218 e. The molecule has 18 heavy (non-hydrogen) atoms. The van der Waals surface area contributed by atoms with Crippen LogP contribution in [-0.2, 0) is 6.42 Å². The van der Waals surface area contributed by atoms with Gasteiger partial charge in [-0.1, -0.05) is 49.6 Å². The average molecular weight is 246 g/mol. The lowest BCUT2D eigenvalue weighted by Gasteiger charge is -2.30. The number of hydrogen-bond donors (Lipinski definition) is 2. The Labute approximate surface area is 111 Å². The van der Waals surface area contributed by atoms with E-state index in [0.29, 0.717) is 6.04 Å². The van der Waals surface area contributed by atoms with Crippen LogP contribution in [0.2, 0.25) is 0 Å². The number of nitrogens with two attached hydrogens (primary N) is 1. The maximum atomic E-state index is 5.92. The van der Waals surface area contributed by atoms with Gasteiger partial charge in [0.1, 0.15) is 0 Å². The van der Waals surface area contributed by atoms with E-state index in [1.165, 1.54) is 37.7 Å². The van der Waals surface area contributed by atoms with Crippen molar-refractivity contribution < 1.29 is 0 Å². The molecule has 3 N–H and O–H groups in total. The van der Waals surface area contributed by atoms with Gasteiger partial charge >= 0.3 is 0 Å². The summed E-state index contributed by atoms with van der Waals surface area (Å²) >= 11 is 0. The molecule has 0 bridgehead atoms. The summed E-state index contributed by atoms with van der Waals surface area (Å²) in [5.74, 6) is 0.805. The van der Waals surface area contributed by atoms with E-state index >= 15 is 0 Å². The highest BCUT2D eigenvalue weighted by Gasteiger charge is 2.21. The van der Waals surface area contributed by atoms with Gasteiger partial charge in [-0.25, -0.2) is 0 Å². The third-order valence-electron chi connectivity index (χ3n) is 4.14. The summed E-state index contributed by atoms with van der Waals surface area (Å²) in [5.41, 5.74) is 7.33. The summed E-state index contributed by atoms with van der Waals surface area (Å²) in [6.07, 6.45) is 8.02. The molecule has 100 valence electrons. The van der Waals surface area contributed by atoms with Crippen LogP contribution in [0.15, 0.2) is 30.3 Å². The first-order valence-corrected chi connectivity index (χ1v) is 7.37. The summed E-state index contributed by atoms with van der Waals surface area (Å²) in [7, 11) is 0. The predicted molar refractivity (Wildman–Crippen MR) is 77.6 cm³/mol. The van der Waals surface area contributed by atoms with Gasteiger partial charge in [-0.2, -0.15) is 0 Å². The molecule has 1 fully saturated rings. The summed E-state index contributed by atoms with van der Waals surface area (Å²) in [5, 5.41) is 3.66. The Bertz CT molecular complexity index is 317. The molecule has 1 aromatic carbocycles. The predicted octanol–water partition coefficient (Wildman–Crippen LogP) is 2.73. The zero-order chi connectivity index (χ0) is 12.6. The van der Waals surface area contributed by atoms with E-state index in [4.69, 9.17) is 5.73 Å². The number of rotatable bonds is 6. The van der Waals surface area contributed by atoms with E-state index < -0.39 is 0 Å². The van der Waals surface area contributed by atoms with Crippen molar-refractivity contribution in [3.05, 3.63) is 35.9 Å². The monoisotopic (exact) mass is 246 g/mol. The van der Waals surface area contributed by atoms with Gasteiger partial charge in [0.2, 0.25) is 0 Å². The fourth-order valence-electron chi connectivity index (χ4n) is 3.03. The van der Waals surface area contributed by atoms with Crippen LogP contribution >= 0.6 is 0 Å². The second kappa shape index (κ2) is 7.55. The minimum absolute atomic E-state index is 0.522. The molecule has 0 amide bonds. The van der Waals surface area contributed by atoms with E-state index in [-0.39, 0.29) is 0 Å². The molecule has 2 heteroatoms. The first-order valence-electron chi connectivity index (χ1n) is 7.37. The Hall–Kier alpha value is -0.860. The average Bonchev–Trinajstić information content (AvgIpc) is 2.46. The standard InChI is InChI=1S/C16H26N2/c17-13-16(15-9-5-2-6-10-15)18-12-11-14-7-3-1-4-8-14/h1,3-4,7-8,15-16,18H,2,5-6,9-13,17H2. The van der Waals surface area contributed by atoms with Crippen LogP contribution in [0, 0.1) is 5.92 Å². The van der Waals surface area contributed by atoms with Crippen molar-refractivity contribution in [1.29, 1.82) is 0 Å². The molecule has 1 unspecified atom stereocenters. The van der Waals surface area contributed by atoms with Crippen LogP contribution in [0.4, 0.5) is 0 Å². The topological polar surface area (TPSA) is 38.0 Å². The third kappa shape index (κ3) is 4.11. The number of nitrogens with one attached hydrogen (secondary N) is 1. The molecule has 1 atom stereocenters. The molecule has 1 aromatic rings. The molecule has 0 heterocycles. The number of hydrogen-bond acceptors (Lipinski definition) is 2. The van der Waals surface area contributed by atoms with Crippen LogP contribution < -0.4 is 11.1 Å². The summed E-state index contributed by atoms with van der Waals surface area (Å²) in [4.78, 5) is 0. The van der Waals surface area contributed by atoms with Gasteiger partial charge in [-0.15, -0.1) is 0 Å². The molecule has 0 saturated heterocycles. The highest BCUT2D eigenvalue weighted by molar-refractivity contribution is 5.14. The zero-order valence-electron chi connectivity index (χ0n) is 11.3. The Morgan fingerprint density at radius 1 is 1.11 bits per heavy atom. The van der Waals surface area contributed by atoms with Gasteiger partial charge in [0, 0.05) is 12.6 Å². The third-order valence-corrected chi connectivity index (χ3v) is 4.14. The lowest BCUT2D eigenvalue weighted by molar-refractivity contribution is 0.273. The van der Waals surface area contributed by atoms with Crippen LogP contribution in [0.3, 0.4) is 0 Å². The molecular formula is C16H26N2. The van der Waals surface area contributed by atoms with E-state index in [9.17, 15) is 0 Å². The Morgan fingerprint density at radius 2 is 1.83 bits per heavy atom. The van der Waals surface area contributed by atoms with Crippen molar-refractivity contribution in [2.45, 2.75) is 44.6 Å². The molecule has 0 spiro atoms. The highest BCUT2D eigenvalue weighted by atomic mass is 14.9. The lowest BCUT2D eigenvalue weighted by Crippen LogP contribution is -2.43. The van der Waals surface area contributed by atoms with Gasteiger partial charge in [-0.05, 0) is 37.3 Å². The Kier molecular flexibility index (Phi) is 5.69. The first-order chi connectivity index (χ1) is 8.90. The smallest absolute Gasteiger partial charge is 0.0218 e. The lowest BCUT2D eigenvalue weighted by atomic mass is 9.84. The second-order valence-electron chi connectivity index (χ2n) is 5.43. The minimum atomic E-state index is 0.522. The van der Waals surface area contributed by atoms with Crippen molar-refractivity contribution in [2.75, 3.05) is 13.1 Å². The van der Waals surface area contributed by atoms with Gasteiger partial charge in [-0.3, -0.25) is 0 Å². The normalized spacial score (nSPS) is 18.7. The summed E-state index contributed by atoms with van der Waals surface area (Å²) in [6.45, 7) is 1.82. The van der Waals surface area contributed by atoms with Crippen molar-refractivity contribution in [2.24, 2.45) is 11.7 Å². The fourth-order valence-corrected chi connectivity index (χ4v) is 3.03. The fraction of sp³-hybridized carbons (Fsp3) is 0.625. The first kappa shape index (κ1) is 13.6. The maximum absolute atomic E-state index is 5.92. The largest absolute Gasteiger partial charge is 0.329 e. The van der Waals surface area contributed by atoms with Crippen molar-refractivity contribution in [3.8, 4) is 0 Å². The quantitative estimate of drug-likeness (QED) is 0.810. The minimum Gasteiger partial charge on any atom is -0.329 e. The van der Waals surface area contributed by atoms with Crippen LogP contribution in [-0.4, -0.2) is 19.1 Å². The molecule has 0 radical (unpaired) electrons. The van der Waals surface area contributed by atoms with E-state index in [2.05, 4.69) is 35.6 Å². The van der Waals surface area contributed by atoms with E-state index in [0.717, 1.165) is 25.4 Å². The van der Waals surface area contributed by atoms with Crippen molar-refractivity contribution in [3.63, 3.8) is 0 Å². The summed E-state index contributed by atoms with van der Waals surface area (Å²) < 4.78 is 0. The Morgan fingerprint density at radius 3 is 2.50 bits per heavy atom. The molecule has 1 saturated carbocycles. The molecule has 1 aliphatic carbocycles. The van der Waals surface area contributed by atoms with Gasteiger partial charge < -0.3 is 11.1 Å². The van der Waals surface area contributed by atoms with Crippen LogP contribution in [0.5, 0.6) is 0 Å². The van der Waals surface area contributed by atoms with Crippen molar-refractivity contribution >= 4 is 0 Å². The Balaban J connectivity index is 1.73. The molecule has 0 aliphatic heterocycles. The van der Waals surface area contributed by atoms with E-state index in [1.807, 2.05) is 0 Å². The van der Waals surface area contributed by atoms with Crippen LogP contribution in [0.1, 0.15) is 37.7 Å². The molecule has 2 nitrogen and oxygen atoms in total. The van der Waals surface area contributed by atoms with E-state index in [1.54, 1.807) is 0 Å². The zero-order valence-corrected chi connectivity index (χ0v) is 11.3. The molecule has 1 aliphatic rings. The van der Waals surface area contributed by atoms with Gasteiger partial charge in [0.25, 0.3) is 0 Å². The molecule has 0 aromatic heterocycles. The molecular weight excluding hydrogens is 220 g/mol. The SMILES string of the molecule is NCC(NCCc1ccccc1)C1CCCCC1. The molecule has 2 rings (SSSR count). The van der Waals surface area contributed by atoms with Gasteiger partial charge in [0.15, 0.2) is 0 Å². The van der Waals surface area contributed by atoms with Crippen molar-refractivity contribution in [1.82, 2.24) is 5.32 Å². The second-order valence-corrected chi connectivity index (χ2v) is 5.43.